The van der Waals surface area contributed by atoms with E-state index in [9.17, 15) is 14.4 Å². The lowest BCUT2D eigenvalue weighted by Crippen LogP contribution is -2.30. The van der Waals surface area contributed by atoms with Crippen LogP contribution in [0.25, 0.3) is 0 Å². The largest absolute Gasteiger partial charge is 0.462 e. The van der Waals surface area contributed by atoms with Crippen LogP contribution in [0.3, 0.4) is 0 Å². The van der Waals surface area contributed by atoms with Gasteiger partial charge in [0.25, 0.3) is 0 Å². The SMILES string of the molecule is CCCCC/C=C\C/C=C\CCCCCCCCCC(=O)OC(COC(=O)CCCCCCCC)COC(=O)CCCCCCCCCCCCCCCCCCCCCCC/C=C\CCCCCCCCCC. The minimum Gasteiger partial charge on any atom is -0.462 e. The zero-order valence-corrected chi connectivity index (χ0v) is 49.9. The molecule has 1 atom stereocenters. The molecule has 0 fully saturated rings. The molecule has 1 unspecified atom stereocenters. The average molecular weight is 1040 g/mol. The van der Waals surface area contributed by atoms with Crippen LogP contribution >= 0.6 is 0 Å². The minimum atomic E-state index is -0.771. The number of allylic oxidation sites excluding steroid dienone is 6. The first-order valence-electron chi connectivity index (χ1n) is 33.0. The van der Waals surface area contributed by atoms with E-state index in [0.717, 1.165) is 70.6 Å². The van der Waals surface area contributed by atoms with Gasteiger partial charge >= 0.3 is 17.9 Å². The highest BCUT2D eigenvalue weighted by molar-refractivity contribution is 5.71. The van der Waals surface area contributed by atoms with Gasteiger partial charge in [-0.15, -0.1) is 0 Å². The second-order valence-corrected chi connectivity index (χ2v) is 22.4. The van der Waals surface area contributed by atoms with E-state index in [1.54, 1.807) is 0 Å². The smallest absolute Gasteiger partial charge is 0.306 e. The summed E-state index contributed by atoms with van der Waals surface area (Å²) >= 11 is 0. The first-order chi connectivity index (χ1) is 36.5. The van der Waals surface area contributed by atoms with Crippen molar-refractivity contribution in [1.29, 1.82) is 0 Å². The molecule has 0 saturated heterocycles. The van der Waals surface area contributed by atoms with Crippen LogP contribution in [-0.2, 0) is 28.6 Å². The van der Waals surface area contributed by atoms with Gasteiger partial charge in [-0.3, -0.25) is 14.4 Å². The van der Waals surface area contributed by atoms with E-state index in [2.05, 4.69) is 57.2 Å². The van der Waals surface area contributed by atoms with Gasteiger partial charge in [0.1, 0.15) is 13.2 Å². The second kappa shape index (κ2) is 63.2. The molecule has 0 radical (unpaired) electrons. The fourth-order valence-electron chi connectivity index (χ4n) is 9.88. The van der Waals surface area contributed by atoms with E-state index >= 15 is 0 Å². The molecule has 6 nitrogen and oxygen atoms in total. The van der Waals surface area contributed by atoms with Crippen molar-refractivity contribution in [2.45, 2.75) is 367 Å². The molecule has 0 heterocycles. The van der Waals surface area contributed by atoms with Crippen molar-refractivity contribution >= 4 is 17.9 Å². The highest BCUT2D eigenvalue weighted by Crippen LogP contribution is 2.18. The zero-order valence-electron chi connectivity index (χ0n) is 49.9. The standard InChI is InChI=1S/C68H126O6/c1-4-7-10-13-16-18-20-22-24-26-27-28-29-30-31-32-33-34-35-36-37-38-39-40-41-43-44-46-48-50-52-55-58-61-67(70)73-64-65(63-72-66(69)60-57-54-15-12-9-6-3)74-68(71)62-59-56-53-51-49-47-45-42-25-23-21-19-17-14-11-8-5-2/h17,19,23,25-27,65H,4-16,18,20-22,24,28-64H2,1-3H3/b19-17-,25-23-,27-26-. The van der Waals surface area contributed by atoms with Crippen molar-refractivity contribution in [3.8, 4) is 0 Å². The summed E-state index contributed by atoms with van der Waals surface area (Å²) in [4.78, 5) is 38.0. The van der Waals surface area contributed by atoms with E-state index in [1.807, 2.05) is 0 Å². The molecule has 0 saturated carbocycles. The summed E-state index contributed by atoms with van der Waals surface area (Å²) in [5.74, 6) is -0.870. The maximum atomic E-state index is 12.8. The molecule has 0 bridgehead atoms. The lowest BCUT2D eigenvalue weighted by atomic mass is 10.0. The van der Waals surface area contributed by atoms with Gasteiger partial charge in [0.2, 0.25) is 0 Å². The van der Waals surface area contributed by atoms with Gasteiger partial charge in [-0.1, -0.05) is 301 Å². The highest BCUT2D eigenvalue weighted by Gasteiger charge is 2.19. The van der Waals surface area contributed by atoms with E-state index in [0.29, 0.717) is 19.3 Å². The summed E-state index contributed by atoms with van der Waals surface area (Å²) in [7, 11) is 0. The Balaban J connectivity index is 3.93. The Labute approximate surface area is 461 Å². The summed E-state index contributed by atoms with van der Waals surface area (Å²) in [5, 5.41) is 0. The molecule has 0 aliphatic carbocycles. The summed E-state index contributed by atoms with van der Waals surface area (Å²) in [6, 6.07) is 0. The molecule has 0 N–H and O–H groups in total. The molecule has 0 aliphatic heterocycles. The van der Waals surface area contributed by atoms with E-state index in [1.165, 1.54) is 250 Å². The van der Waals surface area contributed by atoms with Crippen LogP contribution in [0.15, 0.2) is 36.5 Å². The lowest BCUT2D eigenvalue weighted by Gasteiger charge is -2.18. The Morgan fingerprint density at radius 3 is 0.784 bits per heavy atom. The molecule has 434 valence electrons. The Morgan fingerprint density at radius 1 is 0.270 bits per heavy atom. The van der Waals surface area contributed by atoms with Crippen LogP contribution in [0.2, 0.25) is 0 Å². The van der Waals surface area contributed by atoms with Crippen molar-refractivity contribution in [2.75, 3.05) is 13.2 Å². The zero-order chi connectivity index (χ0) is 53.6. The Morgan fingerprint density at radius 2 is 0.486 bits per heavy atom. The number of ether oxygens (including phenoxy) is 3. The molecule has 0 amide bonds. The molecule has 0 aliphatic rings. The second-order valence-electron chi connectivity index (χ2n) is 22.4. The molecule has 74 heavy (non-hydrogen) atoms. The average Bonchev–Trinajstić information content (AvgIpc) is 3.40. The van der Waals surface area contributed by atoms with E-state index < -0.39 is 6.10 Å². The maximum absolute atomic E-state index is 12.8. The molecule has 0 aromatic heterocycles. The quantitative estimate of drug-likeness (QED) is 0.0261. The predicted molar refractivity (Wildman–Crippen MR) is 321 cm³/mol. The van der Waals surface area contributed by atoms with Gasteiger partial charge in [0, 0.05) is 19.3 Å². The van der Waals surface area contributed by atoms with Crippen molar-refractivity contribution in [1.82, 2.24) is 0 Å². The Bertz CT molecular complexity index is 1240. The van der Waals surface area contributed by atoms with E-state index in [4.69, 9.17) is 14.2 Å². The minimum absolute atomic E-state index is 0.0713. The first-order valence-corrected chi connectivity index (χ1v) is 33.0. The normalized spacial score (nSPS) is 12.2. The third-order valence-corrected chi connectivity index (χ3v) is 14.9. The first kappa shape index (κ1) is 71.6. The van der Waals surface area contributed by atoms with Crippen LogP contribution in [-0.4, -0.2) is 37.2 Å². The van der Waals surface area contributed by atoms with Crippen molar-refractivity contribution in [3.63, 3.8) is 0 Å². The Hall–Kier alpha value is -2.37. The van der Waals surface area contributed by atoms with Gasteiger partial charge < -0.3 is 14.2 Å². The third-order valence-electron chi connectivity index (χ3n) is 14.9. The Kier molecular flexibility index (Phi) is 61.1. The fourth-order valence-corrected chi connectivity index (χ4v) is 9.88. The fraction of sp³-hybridized carbons (Fsp3) is 0.868. The molecule has 0 rings (SSSR count). The number of rotatable bonds is 61. The van der Waals surface area contributed by atoms with Crippen molar-refractivity contribution in [3.05, 3.63) is 36.5 Å². The van der Waals surface area contributed by atoms with Gasteiger partial charge in [-0.2, -0.15) is 0 Å². The van der Waals surface area contributed by atoms with Crippen LogP contribution < -0.4 is 0 Å². The lowest BCUT2D eigenvalue weighted by molar-refractivity contribution is -0.167. The van der Waals surface area contributed by atoms with Crippen LogP contribution in [0, 0.1) is 0 Å². The van der Waals surface area contributed by atoms with E-state index in [-0.39, 0.29) is 31.1 Å². The van der Waals surface area contributed by atoms with Crippen LogP contribution in [0.1, 0.15) is 361 Å². The summed E-state index contributed by atoms with van der Waals surface area (Å²) in [6.07, 6.45) is 77.9. The number of carbonyl (C=O) groups excluding carboxylic acids is 3. The van der Waals surface area contributed by atoms with Gasteiger partial charge in [-0.25, -0.2) is 0 Å². The number of hydrogen-bond donors (Lipinski definition) is 0. The van der Waals surface area contributed by atoms with Crippen LogP contribution in [0.5, 0.6) is 0 Å². The maximum Gasteiger partial charge on any atom is 0.306 e. The summed E-state index contributed by atoms with van der Waals surface area (Å²) in [5.41, 5.74) is 0. The third kappa shape index (κ3) is 60.5. The monoisotopic (exact) mass is 1040 g/mol. The predicted octanol–water partition coefficient (Wildman–Crippen LogP) is 22.4. The summed E-state index contributed by atoms with van der Waals surface area (Å²) in [6.45, 7) is 6.60. The number of unbranched alkanes of at least 4 members (excludes halogenated alkanes) is 44. The van der Waals surface area contributed by atoms with Crippen molar-refractivity contribution in [2.24, 2.45) is 0 Å². The number of carbonyl (C=O) groups is 3. The van der Waals surface area contributed by atoms with Gasteiger partial charge in [0.05, 0.1) is 0 Å². The van der Waals surface area contributed by atoms with Crippen LogP contribution in [0.4, 0.5) is 0 Å². The number of esters is 3. The molecule has 0 spiro atoms. The molecular formula is C68H126O6. The highest BCUT2D eigenvalue weighted by atomic mass is 16.6. The topological polar surface area (TPSA) is 78.9 Å². The molecule has 0 aromatic carbocycles. The van der Waals surface area contributed by atoms with Gasteiger partial charge in [-0.05, 0) is 77.0 Å². The van der Waals surface area contributed by atoms with Crippen molar-refractivity contribution < 1.29 is 28.6 Å². The summed E-state index contributed by atoms with van der Waals surface area (Å²) < 4.78 is 16.8. The van der Waals surface area contributed by atoms with Gasteiger partial charge in [0.15, 0.2) is 6.10 Å². The number of hydrogen-bond acceptors (Lipinski definition) is 6. The molecular weight excluding hydrogens is 913 g/mol. The molecule has 6 heteroatoms. The molecule has 0 aromatic rings.